The number of hydrogen-bond donors (Lipinski definition) is 3. The molecule has 2 unspecified atom stereocenters. The number of carboxylic acids is 1. The predicted molar refractivity (Wildman–Crippen MR) is 136 cm³/mol. The van der Waals surface area contributed by atoms with E-state index in [0.29, 0.717) is 23.2 Å². The second kappa shape index (κ2) is 10.5. The Morgan fingerprint density at radius 3 is 2.31 bits per heavy atom. The molecule has 4 rings (SSSR count). The highest BCUT2D eigenvalue weighted by Gasteiger charge is 2.34. The normalized spacial score (nSPS) is 17.3. The fourth-order valence-corrected chi connectivity index (χ4v) is 4.67. The van der Waals surface area contributed by atoms with Crippen LogP contribution >= 0.6 is 0 Å². The Balaban J connectivity index is 1.62. The van der Waals surface area contributed by atoms with Crippen LogP contribution in [0.4, 0.5) is 11.4 Å². The van der Waals surface area contributed by atoms with E-state index in [9.17, 15) is 19.5 Å². The molecule has 0 saturated carbocycles. The number of aliphatic carboxylic acids is 1. The molecule has 3 aromatic rings. The largest absolute Gasteiger partial charge is 0.481 e. The second-order valence-electron chi connectivity index (χ2n) is 8.75. The summed E-state index contributed by atoms with van der Waals surface area (Å²) in [7, 11) is 1.87. The molecule has 7 heteroatoms. The lowest BCUT2D eigenvalue weighted by Gasteiger charge is -2.30. The molecule has 0 fully saturated rings. The zero-order chi connectivity index (χ0) is 24.9. The van der Waals surface area contributed by atoms with Gasteiger partial charge in [0.2, 0.25) is 0 Å². The highest BCUT2D eigenvalue weighted by atomic mass is 16.4. The van der Waals surface area contributed by atoms with Gasteiger partial charge >= 0.3 is 5.97 Å². The number of carbonyl (C=O) groups is 3. The first kappa shape index (κ1) is 24.2. The lowest BCUT2D eigenvalue weighted by atomic mass is 10.0. The number of carbonyl (C=O) groups excluding carboxylic acids is 2. The van der Waals surface area contributed by atoms with E-state index in [2.05, 4.69) is 10.6 Å². The number of hydrogen-bond acceptors (Lipinski definition) is 4. The predicted octanol–water partition coefficient (Wildman–Crippen LogP) is 4.79. The van der Waals surface area contributed by atoms with E-state index in [0.717, 1.165) is 23.2 Å². The zero-order valence-corrected chi connectivity index (χ0v) is 19.8. The average molecular weight is 472 g/mol. The minimum atomic E-state index is -0.942. The van der Waals surface area contributed by atoms with Crippen LogP contribution in [0.3, 0.4) is 0 Å². The van der Waals surface area contributed by atoms with Gasteiger partial charge in [-0.15, -0.1) is 0 Å². The number of aryl methyl sites for hydroxylation is 1. The molecule has 0 radical (unpaired) electrons. The Labute approximate surface area is 204 Å². The van der Waals surface area contributed by atoms with Crippen molar-refractivity contribution >= 4 is 29.2 Å². The molecule has 0 aromatic heterocycles. The summed E-state index contributed by atoms with van der Waals surface area (Å²) >= 11 is 0. The van der Waals surface area contributed by atoms with Crippen molar-refractivity contribution in [2.24, 2.45) is 0 Å². The fourth-order valence-electron chi connectivity index (χ4n) is 4.67. The third-order valence-corrected chi connectivity index (χ3v) is 6.48. The van der Waals surface area contributed by atoms with Crippen molar-refractivity contribution in [3.8, 4) is 0 Å². The molecule has 0 spiro atoms. The number of carboxylic acid groups (broad SMARTS) is 1. The Kier molecular flexibility index (Phi) is 7.27. The van der Waals surface area contributed by atoms with Crippen LogP contribution < -0.4 is 15.5 Å². The van der Waals surface area contributed by atoms with E-state index in [1.54, 1.807) is 35.2 Å². The van der Waals surface area contributed by atoms with Gasteiger partial charge in [0.25, 0.3) is 11.8 Å². The van der Waals surface area contributed by atoms with Crippen molar-refractivity contribution in [2.45, 2.75) is 38.3 Å². The number of nitrogens with zero attached hydrogens (tertiary/aromatic N) is 1. The summed E-state index contributed by atoms with van der Waals surface area (Å²) in [6, 6.07) is 21.2. The number of fused-ring (bicyclic) bond motifs is 1. The van der Waals surface area contributed by atoms with Crippen molar-refractivity contribution in [3.05, 3.63) is 95.1 Å². The van der Waals surface area contributed by atoms with Crippen LogP contribution in [0.25, 0.3) is 0 Å². The fraction of sp³-hybridized carbons (Fsp3) is 0.250. The van der Waals surface area contributed by atoms with E-state index in [4.69, 9.17) is 0 Å². The van der Waals surface area contributed by atoms with E-state index in [1.807, 2.05) is 56.4 Å². The topological polar surface area (TPSA) is 98.7 Å². The van der Waals surface area contributed by atoms with E-state index >= 15 is 0 Å². The van der Waals surface area contributed by atoms with Gasteiger partial charge < -0.3 is 20.6 Å². The standard InChI is InChI=1S/C28H29N3O4/c1-18-7-3-4-8-22(18)27(34)30-20-13-11-19(12-14-20)28(35)31-21(17-26(32)33)15-16-24(29-2)23-9-5-6-10-25(23)31/h3-14,21,24,29H,15-17H2,1-2H3,(H,30,34)(H,32,33). The van der Waals surface area contributed by atoms with Gasteiger partial charge in [-0.3, -0.25) is 14.4 Å². The first-order valence-electron chi connectivity index (χ1n) is 11.7. The first-order chi connectivity index (χ1) is 16.9. The highest BCUT2D eigenvalue weighted by molar-refractivity contribution is 6.08. The second-order valence-corrected chi connectivity index (χ2v) is 8.75. The van der Waals surface area contributed by atoms with E-state index in [-0.39, 0.29) is 24.3 Å². The van der Waals surface area contributed by atoms with Crippen LogP contribution in [0.2, 0.25) is 0 Å². The van der Waals surface area contributed by atoms with Crippen molar-refractivity contribution in [2.75, 3.05) is 17.3 Å². The number of para-hydroxylation sites is 1. The minimum Gasteiger partial charge on any atom is -0.481 e. The molecule has 2 atom stereocenters. The summed E-state index contributed by atoms with van der Waals surface area (Å²) in [6.07, 6.45) is 1.14. The molecule has 35 heavy (non-hydrogen) atoms. The lowest BCUT2D eigenvalue weighted by Crippen LogP contribution is -2.41. The summed E-state index contributed by atoms with van der Waals surface area (Å²) in [5.41, 5.74) is 4.15. The van der Waals surface area contributed by atoms with Gasteiger partial charge in [-0.2, -0.15) is 0 Å². The lowest BCUT2D eigenvalue weighted by molar-refractivity contribution is -0.137. The number of anilines is 2. The van der Waals surface area contributed by atoms with Crippen molar-refractivity contribution in [1.82, 2.24) is 5.32 Å². The molecule has 3 N–H and O–H groups in total. The average Bonchev–Trinajstić information content (AvgIpc) is 3.00. The molecule has 7 nitrogen and oxygen atoms in total. The van der Waals surface area contributed by atoms with E-state index in [1.165, 1.54) is 0 Å². The Hall–Kier alpha value is -3.97. The maximum Gasteiger partial charge on any atom is 0.305 e. The van der Waals surface area contributed by atoms with Gasteiger partial charge in [0.1, 0.15) is 0 Å². The molecule has 1 aliphatic rings. The molecular formula is C28H29N3O4. The molecule has 2 amide bonds. The minimum absolute atomic E-state index is 0.0272. The number of nitrogens with one attached hydrogen (secondary N) is 2. The Morgan fingerprint density at radius 2 is 1.63 bits per heavy atom. The summed E-state index contributed by atoms with van der Waals surface area (Å²) in [4.78, 5) is 39.6. The summed E-state index contributed by atoms with van der Waals surface area (Å²) < 4.78 is 0. The summed E-state index contributed by atoms with van der Waals surface area (Å²) in [5, 5.41) is 15.7. The van der Waals surface area contributed by atoms with Gasteiger partial charge in [0.15, 0.2) is 0 Å². The molecule has 180 valence electrons. The molecular weight excluding hydrogens is 442 g/mol. The van der Waals surface area contributed by atoms with Crippen LogP contribution in [-0.4, -0.2) is 36.0 Å². The van der Waals surface area contributed by atoms with Crippen LogP contribution in [0.1, 0.15) is 57.1 Å². The monoisotopic (exact) mass is 471 g/mol. The number of rotatable bonds is 6. The molecule has 1 aliphatic heterocycles. The van der Waals surface area contributed by atoms with Crippen LogP contribution in [0.5, 0.6) is 0 Å². The van der Waals surface area contributed by atoms with Crippen LogP contribution in [-0.2, 0) is 4.79 Å². The zero-order valence-electron chi connectivity index (χ0n) is 19.8. The number of amides is 2. The third-order valence-electron chi connectivity index (χ3n) is 6.48. The van der Waals surface area contributed by atoms with Crippen molar-refractivity contribution in [3.63, 3.8) is 0 Å². The van der Waals surface area contributed by atoms with Gasteiger partial charge in [0.05, 0.1) is 6.42 Å². The smallest absolute Gasteiger partial charge is 0.305 e. The Morgan fingerprint density at radius 1 is 0.943 bits per heavy atom. The highest BCUT2D eigenvalue weighted by Crippen LogP contribution is 2.37. The van der Waals surface area contributed by atoms with E-state index < -0.39 is 12.0 Å². The first-order valence-corrected chi connectivity index (χ1v) is 11.7. The van der Waals surface area contributed by atoms with Gasteiger partial charge in [-0.05, 0) is 74.3 Å². The Bertz CT molecular complexity index is 1240. The third kappa shape index (κ3) is 5.25. The molecule has 1 heterocycles. The maximum absolute atomic E-state index is 13.7. The molecule has 0 aliphatic carbocycles. The maximum atomic E-state index is 13.7. The molecule has 3 aromatic carbocycles. The summed E-state index contributed by atoms with van der Waals surface area (Å²) in [5.74, 6) is -1.43. The van der Waals surface area contributed by atoms with Gasteiger partial charge in [-0.1, -0.05) is 36.4 Å². The van der Waals surface area contributed by atoms with Crippen LogP contribution in [0, 0.1) is 6.92 Å². The number of benzene rings is 3. The van der Waals surface area contributed by atoms with Crippen molar-refractivity contribution in [1.29, 1.82) is 0 Å². The van der Waals surface area contributed by atoms with Gasteiger partial charge in [0, 0.05) is 34.6 Å². The van der Waals surface area contributed by atoms with Crippen molar-refractivity contribution < 1.29 is 19.5 Å². The van der Waals surface area contributed by atoms with Gasteiger partial charge in [-0.25, -0.2) is 0 Å². The van der Waals surface area contributed by atoms with Crippen LogP contribution in [0.15, 0.2) is 72.8 Å². The SMILES string of the molecule is CNC1CCC(CC(=O)O)N(C(=O)c2ccc(NC(=O)c3ccccc3C)cc2)c2ccccc21. The molecule has 0 saturated heterocycles. The quantitative estimate of drug-likeness (QED) is 0.480. The summed E-state index contributed by atoms with van der Waals surface area (Å²) in [6.45, 7) is 1.88. The molecule has 0 bridgehead atoms.